The van der Waals surface area contributed by atoms with Crippen LogP contribution in [0.1, 0.15) is 50.3 Å². The van der Waals surface area contributed by atoms with Gasteiger partial charge in [-0.2, -0.15) is 0 Å². The topological polar surface area (TPSA) is 29.1 Å². The molecule has 0 amide bonds. The third-order valence-corrected chi connectivity index (χ3v) is 7.89. The molecule has 0 spiro atoms. The molecular weight excluding hydrogens is 474 g/mol. The number of benzene rings is 2. The highest BCUT2D eigenvalue weighted by atomic mass is 79.9. The summed E-state index contributed by atoms with van der Waals surface area (Å²) in [6.07, 6.45) is 3.94. The van der Waals surface area contributed by atoms with Crippen molar-refractivity contribution in [2.24, 2.45) is 0 Å². The van der Waals surface area contributed by atoms with Crippen molar-refractivity contribution in [2.75, 3.05) is 0 Å². The zero-order valence-electron chi connectivity index (χ0n) is 15.4. The fraction of sp³-hybridized carbons (Fsp3) is 0.429. The van der Waals surface area contributed by atoms with Crippen LogP contribution in [0, 0.1) is 0 Å². The molecule has 2 nitrogen and oxygen atoms in total. The Morgan fingerprint density at radius 1 is 1.15 bits per heavy atom. The highest BCUT2D eigenvalue weighted by Gasteiger charge is 2.40. The Morgan fingerprint density at radius 3 is 2.58 bits per heavy atom. The summed E-state index contributed by atoms with van der Waals surface area (Å²) in [7, 11) is -1.15. The molecule has 0 saturated heterocycles. The number of aryl methyl sites for hydroxylation is 1. The first-order valence-electron chi connectivity index (χ1n) is 8.93. The van der Waals surface area contributed by atoms with E-state index in [0.717, 1.165) is 34.6 Å². The lowest BCUT2D eigenvalue weighted by atomic mass is 9.74. The molecule has 0 aliphatic heterocycles. The van der Waals surface area contributed by atoms with Gasteiger partial charge in [0.15, 0.2) is 0 Å². The van der Waals surface area contributed by atoms with Crippen LogP contribution in [0.2, 0.25) is 0 Å². The van der Waals surface area contributed by atoms with Gasteiger partial charge in [-0.3, -0.25) is 0 Å². The van der Waals surface area contributed by atoms with Crippen LogP contribution in [0.25, 0.3) is 0 Å². The Labute approximate surface area is 176 Å². The molecule has 0 radical (unpaired) electrons. The molecule has 26 heavy (non-hydrogen) atoms. The molecule has 0 saturated carbocycles. The van der Waals surface area contributed by atoms with E-state index in [1.165, 1.54) is 16.7 Å². The SMILES string of the molecule is CC(C)(C)[S@@](=O)N[C@]1(Cc2ccccc2Br)CCCc2ccc(Br)cc21. The minimum atomic E-state index is -1.15. The standard InChI is InChI=1S/C21H25Br2NOS/c1-20(2,3)26(25)24-21(14-16-7-4-5-9-19(16)23)12-6-8-15-10-11-17(22)13-18(15)21/h4-5,7,9-11,13,24H,6,8,12,14H2,1-3H3/t21-,26+/m0/s1. The van der Waals surface area contributed by atoms with Crippen LogP contribution in [-0.4, -0.2) is 8.96 Å². The summed E-state index contributed by atoms with van der Waals surface area (Å²) >= 11 is 7.33. The van der Waals surface area contributed by atoms with Crippen LogP contribution < -0.4 is 4.72 Å². The summed E-state index contributed by atoms with van der Waals surface area (Å²) in [4.78, 5) is 0. The van der Waals surface area contributed by atoms with Crippen LogP contribution in [-0.2, 0) is 29.4 Å². The second kappa shape index (κ2) is 7.86. The number of fused-ring (bicyclic) bond motifs is 1. The highest BCUT2D eigenvalue weighted by molar-refractivity contribution is 9.10. The average Bonchev–Trinajstić information content (AvgIpc) is 2.57. The summed E-state index contributed by atoms with van der Waals surface area (Å²) < 4.78 is 18.5. The van der Waals surface area contributed by atoms with Gasteiger partial charge in [-0.05, 0) is 81.3 Å². The van der Waals surface area contributed by atoms with Gasteiger partial charge >= 0.3 is 0 Å². The number of hydrogen-bond acceptors (Lipinski definition) is 1. The molecule has 1 aliphatic carbocycles. The average molecular weight is 499 g/mol. The van der Waals surface area contributed by atoms with Gasteiger partial charge in [0, 0.05) is 8.95 Å². The molecule has 140 valence electrons. The summed E-state index contributed by atoms with van der Waals surface area (Å²) in [5.74, 6) is 0. The molecule has 3 rings (SSSR count). The molecule has 0 aromatic heterocycles. The van der Waals surface area contributed by atoms with Crippen molar-refractivity contribution in [2.45, 2.75) is 56.7 Å². The summed E-state index contributed by atoms with van der Waals surface area (Å²) in [6.45, 7) is 6.06. The van der Waals surface area contributed by atoms with Gasteiger partial charge in [-0.1, -0.05) is 56.1 Å². The zero-order valence-corrected chi connectivity index (χ0v) is 19.4. The van der Waals surface area contributed by atoms with Crippen molar-refractivity contribution in [3.05, 3.63) is 68.1 Å². The van der Waals surface area contributed by atoms with Gasteiger partial charge in [0.25, 0.3) is 0 Å². The number of nitrogens with one attached hydrogen (secondary N) is 1. The number of halogens is 2. The highest BCUT2D eigenvalue weighted by Crippen LogP contribution is 2.41. The summed E-state index contributed by atoms with van der Waals surface area (Å²) in [5.41, 5.74) is 3.52. The van der Waals surface area contributed by atoms with Crippen LogP contribution in [0.4, 0.5) is 0 Å². The Bertz CT molecular complexity index is 831. The largest absolute Gasteiger partial charge is 0.242 e. The third kappa shape index (κ3) is 4.32. The molecule has 2 atom stereocenters. The van der Waals surface area contributed by atoms with Crippen LogP contribution in [0.15, 0.2) is 51.4 Å². The maximum Gasteiger partial charge on any atom is 0.0978 e. The van der Waals surface area contributed by atoms with Crippen molar-refractivity contribution < 1.29 is 4.21 Å². The monoisotopic (exact) mass is 497 g/mol. The first kappa shape index (κ1) is 20.2. The first-order chi connectivity index (χ1) is 12.2. The van der Waals surface area contributed by atoms with E-state index < -0.39 is 11.0 Å². The van der Waals surface area contributed by atoms with Crippen LogP contribution >= 0.6 is 31.9 Å². The van der Waals surface area contributed by atoms with E-state index in [4.69, 9.17) is 0 Å². The number of rotatable bonds is 4. The lowest BCUT2D eigenvalue weighted by Crippen LogP contribution is -2.51. The fourth-order valence-corrected chi connectivity index (χ4v) is 5.28. The normalized spacial score (nSPS) is 21.3. The maximum absolute atomic E-state index is 13.1. The van der Waals surface area contributed by atoms with E-state index >= 15 is 0 Å². The van der Waals surface area contributed by atoms with E-state index in [9.17, 15) is 4.21 Å². The summed E-state index contributed by atoms with van der Waals surface area (Å²) in [6, 6.07) is 14.8. The smallest absolute Gasteiger partial charge is 0.0978 e. The Hall–Kier alpha value is -0.490. The Kier molecular flexibility index (Phi) is 6.12. The van der Waals surface area contributed by atoms with Crippen LogP contribution in [0.5, 0.6) is 0 Å². The van der Waals surface area contributed by atoms with E-state index in [0.29, 0.717) is 0 Å². The molecular formula is C21H25Br2NOS. The van der Waals surface area contributed by atoms with Crippen molar-refractivity contribution in [3.8, 4) is 0 Å². The van der Waals surface area contributed by atoms with Crippen molar-refractivity contribution >= 4 is 42.8 Å². The van der Waals surface area contributed by atoms with E-state index in [-0.39, 0.29) is 10.3 Å². The van der Waals surface area contributed by atoms with E-state index in [1.54, 1.807) is 0 Å². The van der Waals surface area contributed by atoms with Gasteiger partial charge < -0.3 is 0 Å². The minimum Gasteiger partial charge on any atom is -0.242 e. The van der Waals surface area contributed by atoms with E-state index in [2.05, 4.69) is 73.0 Å². The number of hydrogen-bond donors (Lipinski definition) is 1. The van der Waals surface area contributed by atoms with Crippen molar-refractivity contribution in [3.63, 3.8) is 0 Å². The fourth-order valence-electron chi connectivity index (χ4n) is 3.55. The molecule has 2 aromatic rings. The lowest BCUT2D eigenvalue weighted by Gasteiger charge is -2.41. The summed E-state index contributed by atoms with van der Waals surface area (Å²) in [5, 5.41) is 0. The van der Waals surface area contributed by atoms with Crippen molar-refractivity contribution in [1.29, 1.82) is 0 Å². The molecule has 2 aromatic carbocycles. The van der Waals surface area contributed by atoms with E-state index in [1.807, 2.05) is 26.8 Å². The molecule has 1 aliphatic rings. The molecule has 5 heteroatoms. The lowest BCUT2D eigenvalue weighted by molar-refractivity contribution is 0.334. The molecule has 0 unspecified atom stereocenters. The van der Waals surface area contributed by atoms with Gasteiger partial charge in [0.05, 0.1) is 21.3 Å². The quantitative estimate of drug-likeness (QED) is 0.547. The van der Waals surface area contributed by atoms with Crippen molar-refractivity contribution in [1.82, 2.24) is 4.72 Å². The predicted octanol–water partition coefficient (Wildman–Crippen LogP) is 6.04. The second-order valence-electron chi connectivity index (χ2n) is 7.99. The van der Waals surface area contributed by atoms with Crippen LogP contribution in [0.3, 0.4) is 0 Å². The molecule has 0 heterocycles. The Balaban J connectivity index is 2.11. The van der Waals surface area contributed by atoms with Gasteiger partial charge in [-0.25, -0.2) is 8.93 Å². The molecule has 0 bridgehead atoms. The molecule has 1 N–H and O–H groups in total. The predicted molar refractivity (Wildman–Crippen MR) is 118 cm³/mol. The third-order valence-electron chi connectivity index (χ3n) is 4.93. The van der Waals surface area contributed by atoms with Gasteiger partial charge in [0.1, 0.15) is 0 Å². The van der Waals surface area contributed by atoms with Gasteiger partial charge in [-0.15, -0.1) is 0 Å². The Morgan fingerprint density at radius 2 is 1.88 bits per heavy atom. The second-order valence-corrected chi connectivity index (χ2v) is 11.7. The zero-order chi connectivity index (χ0) is 18.9. The molecule has 0 fully saturated rings. The minimum absolute atomic E-state index is 0.315. The maximum atomic E-state index is 13.1. The van der Waals surface area contributed by atoms with Gasteiger partial charge in [0.2, 0.25) is 0 Å². The first-order valence-corrected chi connectivity index (χ1v) is 11.7.